The number of hydrogen-bond acceptors (Lipinski definition) is 5. The molecule has 1 saturated heterocycles. The van der Waals surface area contributed by atoms with Crippen molar-refractivity contribution >= 4 is 50.7 Å². The Balaban J connectivity index is 1.72. The summed E-state index contributed by atoms with van der Waals surface area (Å²) in [4.78, 5) is 26.6. The number of halogens is 2. The maximum atomic E-state index is 13.4. The lowest BCUT2D eigenvalue weighted by Gasteiger charge is -2.27. The van der Waals surface area contributed by atoms with Crippen molar-refractivity contribution in [1.82, 2.24) is 4.31 Å². The second-order valence-corrected chi connectivity index (χ2v) is 9.74. The van der Waals surface area contributed by atoms with Gasteiger partial charge in [0.05, 0.1) is 28.8 Å². The summed E-state index contributed by atoms with van der Waals surface area (Å²) in [6, 6.07) is 10.5. The van der Waals surface area contributed by atoms with Crippen LogP contribution >= 0.6 is 23.2 Å². The van der Waals surface area contributed by atoms with Crippen LogP contribution in [0, 0.1) is 11.3 Å². The van der Waals surface area contributed by atoms with Gasteiger partial charge < -0.3 is 0 Å². The number of amides is 2. The van der Waals surface area contributed by atoms with E-state index in [4.69, 9.17) is 28.5 Å². The van der Waals surface area contributed by atoms with Gasteiger partial charge in [-0.05, 0) is 55.3 Å². The number of imide groups is 1. The van der Waals surface area contributed by atoms with E-state index in [1.807, 2.05) is 6.07 Å². The molecule has 2 fully saturated rings. The summed E-state index contributed by atoms with van der Waals surface area (Å²) in [6.45, 7) is 0. The largest absolute Gasteiger partial charge is 0.274 e. The fraction of sp³-hybridized carbons (Fsp3) is 0.250. The molecule has 4 rings (SSSR count). The topological polar surface area (TPSA) is 98.5 Å². The van der Waals surface area contributed by atoms with Crippen molar-refractivity contribution in [3.05, 3.63) is 58.1 Å². The average molecular weight is 464 g/mol. The van der Waals surface area contributed by atoms with Crippen molar-refractivity contribution in [2.24, 2.45) is 0 Å². The van der Waals surface area contributed by atoms with Crippen LogP contribution in [0.15, 0.2) is 47.4 Å². The highest BCUT2D eigenvalue weighted by Crippen LogP contribution is 2.40. The molecule has 2 amide bonds. The van der Waals surface area contributed by atoms with E-state index in [-0.39, 0.29) is 27.4 Å². The Kier molecular flexibility index (Phi) is 5.32. The molecule has 10 heteroatoms. The van der Waals surface area contributed by atoms with E-state index >= 15 is 0 Å². The van der Waals surface area contributed by atoms with E-state index in [0.29, 0.717) is 24.1 Å². The van der Waals surface area contributed by atoms with Crippen molar-refractivity contribution in [2.45, 2.75) is 36.2 Å². The fourth-order valence-electron chi connectivity index (χ4n) is 3.51. The van der Waals surface area contributed by atoms with Crippen LogP contribution in [0.5, 0.6) is 0 Å². The van der Waals surface area contributed by atoms with Gasteiger partial charge in [-0.1, -0.05) is 23.2 Å². The van der Waals surface area contributed by atoms with E-state index in [0.717, 1.165) is 9.21 Å². The van der Waals surface area contributed by atoms with Crippen LogP contribution in [0.1, 0.15) is 24.8 Å². The predicted octanol–water partition coefficient (Wildman–Crippen LogP) is 3.35. The molecular formula is C20H15Cl2N3O4S. The molecule has 0 aromatic heterocycles. The van der Waals surface area contributed by atoms with Crippen molar-refractivity contribution < 1.29 is 18.0 Å². The molecule has 0 spiro atoms. The second kappa shape index (κ2) is 7.67. The van der Waals surface area contributed by atoms with Crippen molar-refractivity contribution in [3.8, 4) is 6.07 Å². The minimum absolute atomic E-state index is 0.00855. The first kappa shape index (κ1) is 20.8. The van der Waals surface area contributed by atoms with E-state index in [2.05, 4.69) is 0 Å². The molecule has 30 heavy (non-hydrogen) atoms. The van der Waals surface area contributed by atoms with Gasteiger partial charge in [0.15, 0.2) is 0 Å². The molecule has 0 bridgehead atoms. The van der Waals surface area contributed by atoms with E-state index in [1.54, 1.807) is 0 Å². The van der Waals surface area contributed by atoms with Gasteiger partial charge in [-0.15, -0.1) is 0 Å². The molecule has 154 valence electrons. The molecule has 1 atom stereocenters. The van der Waals surface area contributed by atoms with Crippen LogP contribution in [-0.2, 0) is 19.6 Å². The zero-order chi connectivity index (χ0) is 21.6. The monoisotopic (exact) mass is 463 g/mol. The van der Waals surface area contributed by atoms with E-state index in [9.17, 15) is 18.0 Å². The van der Waals surface area contributed by atoms with Crippen LogP contribution in [0.3, 0.4) is 0 Å². The summed E-state index contributed by atoms with van der Waals surface area (Å²) in [5.74, 6) is -1.13. The number of sulfonamides is 1. The van der Waals surface area contributed by atoms with Crippen LogP contribution < -0.4 is 4.90 Å². The van der Waals surface area contributed by atoms with Gasteiger partial charge in [0.2, 0.25) is 15.9 Å². The second-order valence-electron chi connectivity index (χ2n) is 7.09. The lowest BCUT2D eigenvalue weighted by Crippen LogP contribution is -2.46. The maximum absolute atomic E-state index is 13.4. The number of rotatable bonds is 5. The van der Waals surface area contributed by atoms with E-state index < -0.39 is 27.9 Å². The van der Waals surface area contributed by atoms with Crippen molar-refractivity contribution in [1.29, 1.82) is 5.26 Å². The molecule has 0 radical (unpaired) electrons. The minimum atomic E-state index is -4.17. The number of carbonyl (C=O) groups excluding carboxylic acids is 2. The predicted molar refractivity (Wildman–Crippen MR) is 111 cm³/mol. The summed E-state index contributed by atoms with van der Waals surface area (Å²) < 4.78 is 27.9. The van der Waals surface area contributed by atoms with Crippen molar-refractivity contribution in [3.63, 3.8) is 0 Å². The summed E-state index contributed by atoms with van der Waals surface area (Å²) in [7, 11) is -4.17. The molecule has 1 saturated carbocycles. The van der Waals surface area contributed by atoms with E-state index in [1.165, 1.54) is 42.5 Å². The highest BCUT2D eigenvalue weighted by molar-refractivity contribution is 7.89. The Morgan fingerprint density at radius 1 is 1.07 bits per heavy atom. The quantitative estimate of drug-likeness (QED) is 0.632. The standard InChI is InChI=1S/C20H15Cl2N3O4S/c21-13-3-8-16(22)18(9-13)30(28,29)25(15-6-7-15)17-10-19(26)24(20(17)27)14-4-1-12(11-23)2-5-14/h1-5,8-9,15,17H,6-7,10H2. The first-order chi connectivity index (χ1) is 14.2. The first-order valence-corrected chi connectivity index (χ1v) is 11.3. The first-order valence-electron chi connectivity index (χ1n) is 9.09. The summed E-state index contributed by atoms with van der Waals surface area (Å²) >= 11 is 12.1. The SMILES string of the molecule is N#Cc1ccc(N2C(=O)CC(N(C3CC3)S(=O)(=O)c3cc(Cl)ccc3Cl)C2=O)cc1. The average Bonchev–Trinajstić information content (AvgIpc) is 3.49. The van der Waals surface area contributed by atoms with Gasteiger partial charge in [-0.3, -0.25) is 9.59 Å². The van der Waals surface area contributed by atoms with Crippen LogP contribution in [0.2, 0.25) is 10.0 Å². The maximum Gasteiger partial charge on any atom is 0.252 e. The summed E-state index contributed by atoms with van der Waals surface area (Å²) in [5.41, 5.74) is 0.674. The van der Waals surface area contributed by atoms with Crippen LogP contribution in [0.25, 0.3) is 0 Å². The van der Waals surface area contributed by atoms with Gasteiger partial charge in [-0.25, -0.2) is 13.3 Å². The third kappa shape index (κ3) is 3.59. The van der Waals surface area contributed by atoms with Gasteiger partial charge in [0.25, 0.3) is 5.91 Å². The minimum Gasteiger partial charge on any atom is -0.274 e. The van der Waals surface area contributed by atoms with Gasteiger partial charge in [0.1, 0.15) is 10.9 Å². The zero-order valence-corrected chi connectivity index (χ0v) is 17.8. The molecule has 7 nitrogen and oxygen atoms in total. The lowest BCUT2D eigenvalue weighted by atomic mass is 10.2. The number of nitrogens with zero attached hydrogens (tertiary/aromatic N) is 3. The molecule has 0 N–H and O–H groups in total. The highest BCUT2D eigenvalue weighted by Gasteiger charge is 2.52. The Morgan fingerprint density at radius 3 is 2.33 bits per heavy atom. The molecule has 2 aromatic rings. The molecule has 2 aliphatic rings. The van der Waals surface area contributed by atoms with Gasteiger partial charge in [-0.2, -0.15) is 9.57 Å². The zero-order valence-electron chi connectivity index (χ0n) is 15.5. The lowest BCUT2D eigenvalue weighted by molar-refractivity contribution is -0.122. The molecule has 1 heterocycles. The number of carbonyl (C=O) groups is 2. The molecule has 1 aliphatic carbocycles. The van der Waals surface area contributed by atoms with Crippen LogP contribution in [-0.4, -0.2) is 36.6 Å². The van der Waals surface area contributed by atoms with Gasteiger partial charge in [0, 0.05) is 11.1 Å². The fourth-order valence-corrected chi connectivity index (χ4v) is 6.07. The summed E-state index contributed by atoms with van der Waals surface area (Å²) in [5, 5.41) is 9.12. The number of hydrogen-bond donors (Lipinski definition) is 0. The normalized spacial score (nSPS) is 19.4. The Labute approximate surface area is 183 Å². The third-order valence-electron chi connectivity index (χ3n) is 5.04. The Bertz CT molecular complexity index is 1190. The Hall–Kier alpha value is -2.44. The van der Waals surface area contributed by atoms with Crippen LogP contribution in [0.4, 0.5) is 5.69 Å². The highest BCUT2D eigenvalue weighted by atomic mass is 35.5. The number of benzene rings is 2. The summed E-state index contributed by atoms with van der Waals surface area (Å²) in [6.07, 6.45) is 0.908. The number of anilines is 1. The molecule has 1 unspecified atom stereocenters. The van der Waals surface area contributed by atoms with Crippen molar-refractivity contribution in [2.75, 3.05) is 4.90 Å². The molecule has 2 aromatic carbocycles. The van der Waals surface area contributed by atoms with Gasteiger partial charge >= 0.3 is 0 Å². The smallest absolute Gasteiger partial charge is 0.252 e. The third-order valence-corrected chi connectivity index (χ3v) is 7.72. The molecular weight excluding hydrogens is 449 g/mol. The number of nitriles is 1. The molecule has 1 aliphatic heterocycles. The Morgan fingerprint density at radius 2 is 1.73 bits per heavy atom.